The molecule has 0 aliphatic rings. The summed E-state index contributed by atoms with van der Waals surface area (Å²) in [7, 11) is -3.28. The lowest BCUT2D eigenvalue weighted by molar-refractivity contribution is 0.102. The van der Waals surface area contributed by atoms with Crippen molar-refractivity contribution in [2.75, 3.05) is 11.1 Å². The van der Waals surface area contributed by atoms with E-state index in [2.05, 4.69) is 18.3 Å². The van der Waals surface area contributed by atoms with Crippen LogP contribution in [0.25, 0.3) is 0 Å². The van der Waals surface area contributed by atoms with Crippen LogP contribution in [0, 0.1) is 6.07 Å². The van der Waals surface area contributed by atoms with Gasteiger partial charge in [-0.15, -0.1) is 0 Å². The lowest BCUT2D eigenvalue weighted by atomic mass is 10.1. The Balaban J connectivity index is 1.70. The molecule has 0 saturated heterocycles. The normalized spacial score (nSPS) is 11.4. The van der Waals surface area contributed by atoms with Gasteiger partial charge in [0.1, 0.15) is 0 Å². The van der Waals surface area contributed by atoms with Gasteiger partial charge in [0.2, 0.25) is 0 Å². The van der Waals surface area contributed by atoms with Crippen LogP contribution >= 0.6 is 0 Å². The number of anilines is 1. The van der Waals surface area contributed by atoms with Gasteiger partial charge in [0.05, 0.1) is 10.6 Å². The smallest absolute Gasteiger partial charge is 0.256 e. The van der Waals surface area contributed by atoms with Crippen molar-refractivity contribution in [3.8, 4) is 0 Å². The number of amides is 1. The van der Waals surface area contributed by atoms with Crippen LogP contribution in [0.3, 0.4) is 0 Å². The summed E-state index contributed by atoms with van der Waals surface area (Å²) in [6.07, 6.45) is 11.8. The second kappa shape index (κ2) is 13.2. The summed E-state index contributed by atoms with van der Waals surface area (Å²) < 4.78 is 25.1. The third-order valence-electron chi connectivity index (χ3n) is 5.19. The van der Waals surface area contributed by atoms with Gasteiger partial charge in [0.15, 0.2) is 9.84 Å². The highest BCUT2D eigenvalue weighted by molar-refractivity contribution is 7.91. The molecule has 2 rings (SSSR count). The second-order valence-electron chi connectivity index (χ2n) is 7.76. The maximum Gasteiger partial charge on any atom is 0.256 e. The summed E-state index contributed by atoms with van der Waals surface area (Å²) in [5.74, 6) is -0.0923. The summed E-state index contributed by atoms with van der Waals surface area (Å²) >= 11 is 0. The van der Waals surface area contributed by atoms with E-state index in [1.807, 2.05) is 0 Å². The number of hydrogen-bond donors (Lipinski definition) is 1. The van der Waals surface area contributed by atoms with E-state index in [9.17, 15) is 13.2 Å². The number of benzene rings is 2. The number of sulfone groups is 1. The quantitative estimate of drug-likeness (QED) is 0.352. The lowest BCUT2D eigenvalue weighted by Crippen LogP contribution is -2.12. The fraction of sp³-hybridized carbons (Fsp3) is 0.480. The predicted molar refractivity (Wildman–Crippen MR) is 124 cm³/mol. The number of hydrogen-bond acceptors (Lipinski definition) is 3. The molecule has 5 heteroatoms. The Bertz CT molecular complexity index is 846. The molecule has 2 aromatic carbocycles. The molecule has 1 N–H and O–H groups in total. The maximum absolute atomic E-state index is 12.5. The molecule has 0 spiro atoms. The second-order valence-corrected chi connectivity index (χ2v) is 9.86. The average Bonchev–Trinajstić information content (AvgIpc) is 2.76. The minimum atomic E-state index is -3.28. The molecule has 4 nitrogen and oxygen atoms in total. The van der Waals surface area contributed by atoms with Gasteiger partial charge in [-0.2, -0.15) is 0 Å². The first kappa shape index (κ1) is 24.1. The lowest BCUT2D eigenvalue weighted by Gasteiger charge is -2.08. The van der Waals surface area contributed by atoms with E-state index < -0.39 is 9.84 Å². The number of rotatable bonds is 14. The van der Waals surface area contributed by atoms with E-state index in [0.29, 0.717) is 22.6 Å². The van der Waals surface area contributed by atoms with Crippen LogP contribution in [-0.2, 0) is 9.84 Å². The summed E-state index contributed by atoms with van der Waals surface area (Å²) in [5, 5.41) is 2.76. The van der Waals surface area contributed by atoms with Crippen LogP contribution in [0.4, 0.5) is 5.69 Å². The minimum Gasteiger partial charge on any atom is -0.322 e. The molecule has 0 unspecified atom stereocenters. The Hall–Kier alpha value is -2.14. The van der Waals surface area contributed by atoms with Crippen LogP contribution < -0.4 is 5.32 Å². The Kier molecular flexibility index (Phi) is 10.6. The average molecular weight is 429 g/mol. The molecule has 1 amide bonds. The predicted octanol–water partition coefficient (Wildman–Crippen LogP) is 6.43. The monoisotopic (exact) mass is 428 g/mol. The number of carbonyl (C=O) groups is 1. The molecule has 0 aliphatic heterocycles. The highest BCUT2D eigenvalue weighted by Gasteiger charge is 2.14. The van der Waals surface area contributed by atoms with Crippen LogP contribution in [0.5, 0.6) is 0 Å². The first-order chi connectivity index (χ1) is 14.5. The first-order valence-electron chi connectivity index (χ1n) is 11.1. The molecule has 0 fully saturated rings. The molecule has 1 radical (unpaired) electrons. The van der Waals surface area contributed by atoms with Gasteiger partial charge in [-0.3, -0.25) is 4.79 Å². The van der Waals surface area contributed by atoms with E-state index in [4.69, 9.17) is 0 Å². The maximum atomic E-state index is 12.5. The topological polar surface area (TPSA) is 63.2 Å². The van der Waals surface area contributed by atoms with Gasteiger partial charge in [0, 0.05) is 11.3 Å². The standard InChI is InChI=1S/C25H34NO3S/c1-2-3-4-5-6-7-8-9-10-14-21-30(28,29)24-19-17-23(18-20-24)26-25(27)22-15-12-11-13-16-22/h11-13,15,17-20H,2-10,14,21H2,1H3,(H,26,27). The van der Waals surface area contributed by atoms with Gasteiger partial charge < -0.3 is 5.32 Å². The van der Waals surface area contributed by atoms with Crippen LogP contribution in [-0.4, -0.2) is 20.1 Å². The zero-order chi connectivity index (χ0) is 21.7. The van der Waals surface area contributed by atoms with Crippen molar-refractivity contribution in [3.63, 3.8) is 0 Å². The Morgan fingerprint density at radius 1 is 0.833 bits per heavy atom. The SMILES string of the molecule is CCCCCCCCCCCCS(=O)(=O)c1ccc(NC(=O)c2[c]cccc2)cc1. The zero-order valence-electron chi connectivity index (χ0n) is 18.0. The fourth-order valence-electron chi connectivity index (χ4n) is 3.38. The van der Waals surface area contributed by atoms with E-state index in [1.165, 1.54) is 44.9 Å². The van der Waals surface area contributed by atoms with Crippen LogP contribution in [0.1, 0.15) is 81.5 Å². The van der Waals surface area contributed by atoms with E-state index in [1.54, 1.807) is 48.5 Å². The largest absolute Gasteiger partial charge is 0.322 e. The number of carbonyl (C=O) groups excluding carboxylic acids is 1. The van der Waals surface area contributed by atoms with Crippen molar-refractivity contribution < 1.29 is 13.2 Å². The molecule has 0 atom stereocenters. The van der Waals surface area contributed by atoms with Crippen molar-refractivity contribution >= 4 is 21.4 Å². The van der Waals surface area contributed by atoms with Crippen LogP contribution in [0.15, 0.2) is 53.4 Å². The van der Waals surface area contributed by atoms with Crippen molar-refractivity contribution in [1.29, 1.82) is 0 Å². The van der Waals surface area contributed by atoms with E-state index in [0.717, 1.165) is 12.8 Å². The summed E-state index contributed by atoms with van der Waals surface area (Å²) in [5.41, 5.74) is 1.00. The van der Waals surface area contributed by atoms with Gasteiger partial charge in [0.25, 0.3) is 5.91 Å². The summed E-state index contributed by atoms with van der Waals surface area (Å²) in [4.78, 5) is 12.5. The van der Waals surface area contributed by atoms with E-state index >= 15 is 0 Å². The van der Waals surface area contributed by atoms with Gasteiger partial charge in [-0.1, -0.05) is 82.9 Å². The molecule has 0 aliphatic carbocycles. The highest BCUT2D eigenvalue weighted by atomic mass is 32.2. The van der Waals surface area contributed by atoms with Crippen LogP contribution in [0.2, 0.25) is 0 Å². The Morgan fingerprint density at radius 3 is 2.00 bits per heavy atom. The fourth-order valence-corrected chi connectivity index (χ4v) is 4.75. The summed E-state index contributed by atoms with van der Waals surface area (Å²) in [6, 6.07) is 16.2. The van der Waals surface area contributed by atoms with Gasteiger partial charge in [-0.25, -0.2) is 8.42 Å². The Labute approximate surface area is 182 Å². The van der Waals surface area contributed by atoms with Crippen molar-refractivity contribution in [3.05, 3.63) is 60.2 Å². The van der Waals surface area contributed by atoms with Crippen molar-refractivity contribution in [1.82, 2.24) is 0 Å². The third kappa shape index (κ3) is 8.70. The molecular weight excluding hydrogens is 394 g/mol. The molecule has 163 valence electrons. The molecule has 0 saturated carbocycles. The number of nitrogens with one attached hydrogen (secondary N) is 1. The molecule has 0 aromatic heterocycles. The van der Waals surface area contributed by atoms with E-state index in [-0.39, 0.29) is 11.7 Å². The number of unbranched alkanes of at least 4 members (excludes halogenated alkanes) is 9. The third-order valence-corrected chi connectivity index (χ3v) is 7.01. The molecule has 2 aromatic rings. The molecular formula is C25H34NO3S. The first-order valence-corrected chi connectivity index (χ1v) is 12.8. The zero-order valence-corrected chi connectivity index (χ0v) is 18.8. The van der Waals surface area contributed by atoms with Gasteiger partial charge in [-0.05, 0) is 42.8 Å². The highest BCUT2D eigenvalue weighted by Crippen LogP contribution is 2.18. The van der Waals surface area contributed by atoms with Crippen molar-refractivity contribution in [2.24, 2.45) is 0 Å². The molecule has 0 heterocycles. The minimum absolute atomic E-state index is 0.175. The molecule has 30 heavy (non-hydrogen) atoms. The Morgan fingerprint density at radius 2 is 1.43 bits per heavy atom. The molecule has 0 bridgehead atoms. The van der Waals surface area contributed by atoms with Gasteiger partial charge >= 0.3 is 0 Å². The summed E-state index contributed by atoms with van der Waals surface area (Å²) in [6.45, 7) is 2.23. The van der Waals surface area contributed by atoms with Crippen molar-refractivity contribution in [2.45, 2.75) is 76.0 Å².